The third kappa shape index (κ3) is 0.695. The molecule has 0 aliphatic rings. The molecule has 0 radical (unpaired) electrons. The fraction of sp³-hybridized carbons (Fsp3) is 0. The maximum Gasteiger partial charge on any atom is 0.104 e. The van der Waals surface area contributed by atoms with Gasteiger partial charge in [0, 0.05) is 0 Å². The van der Waals surface area contributed by atoms with Gasteiger partial charge >= 0.3 is 0 Å². The molecule has 0 N–H and O–H groups in total. The van der Waals surface area contributed by atoms with E-state index in [-0.39, 0.29) is 0 Å². The molecule has 0 atom stereocenters. The zero-order valence-corrected chi connectivity index (χ0v) is 5.43. The van der Waals surface area contributed by atoms with Crippen molar-refractivity contribution in [1.29, 1.82) is 0 Å². The van der Waals surface area contributed by atoms with Crippen LogP contribution in [0.25, 0.3) is 10.2 Å². The molecule has 0 amide bonds. The monoisotopic (exact) mass is 136 g/mol. The highest BCUT2D eigenvalue weighted by molar-refractivity contribution is 7.17. The summed E-state index contributed by atoms with van der Waals surface area (Å²) in [4.78, 5) is 0. The first-order valence-corrected chi connectivity index (χ1v) is 3.50. The number of hydrogen-bond donors (Lipinski definition) is 0. The van der Waals surface area contributed by atoms with Crippen molar-refractivity contribution in [3.63, 3.8) is 0 Å². The highest BCUT2D eigenvalue weighted by atomic mass is 32.1. The van der Waals surface area contributed by atoms with E-state index in [2.05, 4.69) is 10.2 Å². The standard InChI is InChI=1S/C6H4N2S/c1-3-7-8-5-2-4-9-6(1)5/h1-4H. The predicted octanol–water partition coefficient (Wildman–Crippen LogP) is 1.69. The molecule has 0 aromatic carbocycles. The van der Waals surface area contributed by atoms with Gasteiger partial charge in [-0.2, -0.15) is 5.10 Å². The summed E-state index contributed by atoms with van der Waals surface area (Å²) in [5.74, 6) is 0. The fourth-order valence-corrected chi connectivity index (χ4v) is 1.43. The topological polar surface area (TPSA) is 25.8 Å². The lowest BCUT2D eigenvalue weighted by Crippen LogP contribution is -1.74. The fourth-order valence-electron chi connectivity index (χ4n) is 0.718. The Labute approximate surface area is 56.2 Å². The predicted molar refractivity (Wildman–Crippen MR) is 37.4 cm³/mol. The molecule has 44 valence electrons. The van der Waals surface area contributed by atoms with Crippen LogP contribution in [-0.4, -0.2) is 10.2 Å². The van der Waals surface area contributed by atoms with Crippen LogP contribution in [0, 0.1) is 0 Å². The van der Waals surface area contributed by atoms with Crippen LogP contribution in [0.4, 0.5) is 0 Å². The van der Waals surface area contributed by atoms with E-state index in [1.165, 1.54) is 4.70 Å². The molecule has 3 heteroatoms. The molecule has 2 aromatic heterocycles. The molecule has 0 unspecified atom stereocenters. The van der Waals surface area contributed by atoms with Gasteiger partial charge in [0.25, 0.3) is 0 Å². The van der Waals surface area contributed by atoms with E-state index in [1.54, 1.807) is 17.5 Å². The first kappa shape index (κ1) is 4.88. The Kier molecular flexibility index (Phi) is 0.960. The number of fused-ring (bicyclic) bond motifs is 1. The second kappa shape index (κ2) is 1.77. The lowest BCUT2D eigenvalue weighted by atomic mass is 10.5. The lowest BCUT2D eigenvalue weighted by Gasteiger charge is -1.80. The molecule has 0 aliphatic carbocycles. The molecule has 9 heavy (non-hydrogen) atoms. The molecule has 0 saturated carbocycles. The summed E-state index contributed by atoms with van der Waals surface area (Å²) in [5.41, 5.74) is 0.988. The zero-order chi connectivity index (χ0) is 6.10. The molecular formula is C6H4N2S. The first-order valence-electron chi connectivity index (χ1n) is 2.62. The van der Waals surface area contributed by atoms with Crippen LogP contribution in [0.15, 0.2) is 23.7 Å². The van der Waals surface area contributed by atoms with Gasteiger partial charge in [-0.1, -0.05) is 0 Å². The minimum Gasteiger partial charge on any atom is -0.158 e. The van der Waals surface area contributed by atoms with E-state index in [9.17, 15) is 0 Å². The Bertz CT molecular complexity index is 285. The number of thiophene rings is 1. The van der Waals surface area contributed by atoms with Gasteiger partial charge in [0.05, 0.1) is 10.9 Å². The number of nitrogens with zero attached hydrogens (tertiary/aromatic N) is 2. The van der Waals surface area contributed by atoms with Crippen LogP contribution in [0.1, 0.15) is 0 Å². The smallest absolute Gasteiger partial charge is 0.104 e. The second-order valence-electron chi connectivity index (χ2n) is 1.70. The highest BCUT2D eigenvalue weighted by Crippen LogP contribution is 2.15. The average molecular weight is 136 g/mol. The van der Waals surface area contributed by atoms with Crippen LogP contribution in [0.5, 0.6) is 0 Å². The van der Waals surface area contributed by atoms with Crippen LogP contribution < -0.4 is 0 Å². The molecule has 2 aromatic rings. The van der Waals surface area contributed by atoms with Crippen molar-refractivity contribution in [2.45, 2.75) is 0 Å². The van der Waals surface area contributed by atoms with Crippen LogP contribution >= 0.6 is 11.3 Å². The molecule has 0 saturated heterocycles. The summed E-state index contributed by atoms with van der Waals surface area (Å²) in [7, 11) is 0. The Morgan fingerprint density at radius 3 is 3.22 bits per heavy atom. The van der Waals surface area contributed by atoms with Gasteiger partial charge in [-0.25, -0.2) is 0 Å². The van der Waals surface area contributed by atoms with Gasteiger partial charge in [-0.3, -0.25) is 0 Å². The maximum atomic E-state index is 3.90. The highest BCUT2D eigenvalue weighted by Gasteiger charge is 1.90. The van der Waals surface area contributed by atoms with Crippen molar-refractivity contribution in [2.24, 2.45) is 0 Å². The van der Waals surface area contributed by atoms with Gasteiger partial charge in [0.2, 0.25) is 0 Å². The summed E-state index contributed by atoms with van der Waals surface area (Å²) in [6, 6.07) is 3.93. The van der Waals surface area contributed by atoms with Gasteiger partial charge in [0.15, 0.2) is 0 Å². The molecule has 2 nitrogen and oxygen atoms in total. The maximum absolute atomic E-state index is 3.90. The quantitative estimate of drug-likeness (QED) is 0.550. The number of hydrogen-bond acceptors (Lipinski definition) is 3. The number of aromatic nitrogens is 2. The Hall–Kier alpha value is -0.960. The third-order valence-corrected chi connectivity index (χ3v) is 2.00. The van der Waals surface area contributed by atoms with Crippen LogP contribution in [0.2, 0.25) is 0 Å². The lowest BCUT2D eigenvalue weighted by molar-refractivity contribution is 1.08. The van der Waals surface area contributed by atoms with Crippen molar-refractivity contribution >= 4 is 21.6 Å². The molecule has 0 spiro atoms. The number of rotatable bonds is 0. The van der Waals surface area contributed by atoms with Gasteiger partial charge in [-0.05, 0) is 17.5 Å². The van der Waals surface area contributed by atoms with Crippen LogP contribution in [-0.2, 0) is 0 Å². The van der Waals surface area contributed by atoms with E-state index >= 15 is 0 Å². The van der Waals surface area contributed by atoms with Crippen molar-refractivity contribution in [1.82, 2.24) is 10.2 Å². The normalized spacial score (nSPS) is 10.2. The van der Waals surface area contributed by atoms with Crippen molar-refractivity contribution in [3.8, 4) is 0 Å². The first-order chi connectivity index (χ1) is 4.47. The zero-order valence-electron chi connectivity index (χ0n) is 4.61. The van der Waals surface area contributed by atoms with Gasteiger partial charge in [0.1, 0.15) is 5.52 Å². The van der Waals surface area contributed by atoms with Crippen LogP contribution in [0.3, 0.4) is 0 Å². The minimum absolute atomic E-state index is 0.988. The summed E-state index contributed by atoms with van der Waals surface area (Å²) in [6.45, 7) is 0. The molecule has 0 bridgehead atoms. The van der Waals surface area contributed by atoms with Gasteiger partial charge in [-0.15, -0.1) is 16.4 Å². The molecule has 2 heterocycles. The minimum atomic E-state index is 0.988. The summed E-state index contributed by atoms with van der Waals surface area (Å²) in [6.07, 6.45) is 1.71. The summed E-state index contributed by atoms with van der Waals surface area (Å²) in [5, 5.41) is 9.66. The third-order valence-electron chi connectivity index (χ3n) is 1.13. The Morgan fingerprint density at radius 1 is 1.33 bits per heavy atom. The molecule has 0 fully saturated rings. The van der Waals surface area contributed by atoms with E-state index < -0.39 is 0 Å². The van der Waals surface area contributed by atoms with Crippen molar-refractivity contribution < 1.29 is 0 Å². The summed E-state index contributed by atoms with van der Waals surface area (Å²) < 4.78 is 1.20. The second-order valence-corrected chi connectivity index (χ2v) is 2.65. The van der Waals surface area contributed by atoms with Gasteiger partial charge < -0.3 is 0 Å². The van der Waals surface area contributed by atoms with E-state index in [4.69, 9.17) is 0 Å². The average Bonchev–Trinajstić information content (AvgIpc) is 2.33. The summed E-state index contributed by atoms with van der Waals surface area (Å²) >= 11 is 1.68. The SMILES string of the molecule is c1cc2sccc2nn1. The van der Waals surface area contributed by atoms with Crippen molar-refractivity contribution in [3.05, 3.63) is 23.7 Å². The largest absolute Gasteiger partial charge is 0.158 e. The van der Waals surface area contributed by atoms with Crippen molar-refractivity contribution in [2.75, 3.05) is 0 Å². The Morgan fingerprint density at radius 2 is 2.33 bits per heavy atom. The van der Waals surface area contributed by atoms with E-state index in [0.717, 1.165) is 5.52 Å². The Balaban J connectivity index is 2.95. The molecule has 0 aliphatic heterocycles. The molecule has 2 rings (SSSR count). The van der Waals surface area contributed by atoms with E-state index in [0.29, 0.717) is 0 Å². The molecular weight excluding hydrogens is 132 g/mol. The van der Waals surface area contributed by atoms with E-state index in [1.807, 2.05) is 17.5 Å².